The van der Waals surface area contributed by atoms with E-state index in [4.69, 9.17) is 5.73 Å². The summed E-state index contributed by atoms with van der Waals surface area (Å²) in [5.74, 6) is 1.29. The summed E-state index contributed by atoms with van der Waals surface area (Å²) in [4.78, 5) is 11.1. The van der Waals surface area contributed by atoms with Crippen molar-refractivity contribution in [1.82, 2.24) is 5.32 Å². The Kier molecular flexibility index (Phi) is 4.37. The number of hydrogen-bond acceptors (Lipinski definition) is 2. The van der Waals surface area contributed by atoms with Crippen LogP contribution in [0.5, 0.6) is 0 Å². The molecule has 0 spiro atoms. The third kappa shape index (κ3) is 3.33. The van der Waals surface area contributed by atoms with E-state index in [1.807, 2.05) is 18.2 Å². The molecule has 0 aliphatic heterocycles. The molecule has 0 bridgehead atoms. The maximum atomic E-state index is 11.1. The zero-order valence-corrected chi connectivity index (χ0v) is 11.0. The predicted molar refractivity (Wildman–Crippen MR) is 73.2 cm³/mol. The van der Waals surface area contributed by atoms with Crippen LogP contribution in [0.1, 0.15) is 42.1 Å². The van der Waals surface area contributed by atoms with Crippen molar-refractivity contribution in [2.45, 2.75) is 32.7 Å². The van der Waals surface area contributed by atoms with Gasteiger partial charge in [-0.05, 0) is 42.5 Å². The van der Waals surface area contributed by atoms with Gasteiger partial charge in [-0.1, -0.05) is 31.9 Å². The molecule has 3 heteroatoms. The van der Waals surface area contributed by atoms with Crippen LogP contribution in [0.25, 0.3) is 0 Å². The molecular weight excluding hydrogens is 224 g/mol. The van der Waals surface area contributed by atoms with E-state index < -0.39 is 0 Å². The number of hydrogen-bond donors (Lipinski definition) is 2. The first-order valence-electron chi connectivity index (χ1n) is 6.76. The van der Waals surface area contributed by atoms with Crippen LogP contribution in [-0.4, -0.2) is 12.5 Å². The number of carbonyl (C=O) groups excluding carboxylic acids is 1. The molecule has 1 aromatic carbocycles. The Balaban J connectivity index is 1.83. The van der Waals surface area contributed by atoms with E-state index in [2.05, 4.69) is 12.2 Å². The quantitative estimate of drug-likeness (QED) is 0.837. The lowest BCUT2D eigenvalue weighted by Gasteiger charge is -2.16. The summed E-state index contributed by atoms with van der Waals surface area (Å²) in [6, 6.07) is 7.53. The Labute approximate surface area is 109 Å². The second-order valence-electron chi connectivity index (χ2n) is 5.36. The molecule has 3 nitrogen and oxygen atoms in total. The van der Waals surface area contributed by atoms with Crippen LogP contribution in [0.4, 0.5) is 0 Å². The van der Waals surface area contributed by atoms with Crippen molar-refractivity contribution in [2.24, 2.45) is 17.6 Å². The molecule has 1 saturated carbocycles. The number of rotatable bonds is 5. The van der Waals surface area contributed by atoms with Crippen molar-refractivity contribution < 1.29 is 4.79 Å². The molecule has 98 valence electrons. The predicted octanol–water partition coefficient (Wildman–Crippen LogP) is 2.31. The summed E-state index contributed by atoms with van der Waals surface area (Å²) < 4.78 is 0. The Bertz CT molecular complexity index is 417. The van der Waals surface area contributed by atoms with Crippen LogP contribution < -0.4 is 11.1 Å². The molecule has 2 atom stereocenters. The fraction of sp³-hybridized carbons (Fsp3) is 0.533. The van der Waals surface area contributed by atoms with Gasteiger partial charge in [-0.25, -0.2) is 0 Å². The fourth-order valence-electron chi connectivity index (χ4n) is 2.76. The average Bonchev–Trinajstić information content (AvgIpc) is 2.76. The zero-order valence-electron chi connectivity index (χ0n) is 11.0. The third-order valence-electron chi connectivity index (χ3n) is 3.99. The van der Waals surface area contributed by atoms with Crippen molar-refractivity contribution >= 4 is 5.91 Å². The molecule has 0 heterocycles. The molecule has 1 aliphatic carbocycles. The smallest absolute Gasteiger partial charge is 0.248 e. The van der Waals surface area contributed by atoms with Gasteiger partial charge in [-0.2, -0.15) is 0 Å². The van der Waals surface area contributed by atoms with Crippen LogP contribution >= 0.6 is 0 Å². The van der Waals surface area contributed by atoms with Crippen molar-refractivity contribution in [3.05, 3.63) is 35.4 Å². The lowest BCUT2D eigenvalue weighted by Crippen LogP contribution is -2.24. The number of carbonyl (C=O) groups is 1. The van der Waals surface area contributed by atoms with Gasteiger partial charge in [-0.15, -0.1) is 0 Å². The molecule has 18 heavy (non-hydrogen) atoms. The number of benzene rings is 1. The van der Waals surface area contributed by atoms with Gasteiger partial charge in [0.05, 0.1) is 0 Å². The molecule has 0 aromatic heterocycles. The van der Waals surface area contributed by atoms with E-state index in [1.54, 1.807) is 6.07 Å². The van der Waals surface area contributed by atoms with E-state index in [0.29, 0.717) is 5.56 Å². The topological polar surface area (TPSA) is 55.1 Å². The highest BCUT2D eigenvalue weighted by Gasteiger charge is 2.22. The van der Waals surface area contributed by atoms with Gasteiger partial charge in [0.1, 0.15) is 0 Å². The van der Waals surface area contributed by atoms with Gasteiger partial charge in [0.15, 0.2) is 0 Å². The van der Waals surface area contributed by atoms with Crippen LogP contribution in [-0.2, 0) is 6.54 Å². The van der Waals surface area contributed by atoms with Crippen LogP contribution in [0.3, 0.4) is 0 Å². The Morgan fingerprint density at radius 1 is 1.44 bits per heavy atom. The van der Waals surface area contributed by atoms with Crippen molar-refractivity contribution in [1.29, 1.82) is 0 Å². The highest BCUT2D eigenvalue weighted by atomic mass is 16.1. The minimum atomic E-state index is -0.360. The first-order chi connectivity index (χ1) is 8.66. The third-order valence-corrected chi connectivity index (χ3v) is 3.99. The standard InChI is InChI=1S/C15H22N2O/c1-11-4-2-7-14(11)10-17-9-12-5-3-6-13(8-12)15(16)18/h3,5-6,8,11,14,17H,2,4,7,9-10H2,1H3,(H2,16,18). The molecule has 1 fully saturated rings. The molecule has 1 aliphatic rings. The first-order valence-corrected chi connectivity index (χ1v) is 6.76. The maximum absolute atomic E-state index is 11.1. The second-order valence-corrected chi connectivity index (χ2v) is 5.36. The van der Waals surface area contributed by atoms with Crippen molar-refractivity contribution in [3.8, 4) is 0 Å². The monoisotopic (exact) mass is 246 g/mol. The Morgan fingerprint density at radius 2 is 2.28 bits per heavy atom. The lowest BCUT2D eigenvalue weighted by molar-refractivity contribution is 0.1000. The number of nitrogens with two attached hydrogens (primary N) is 1. The largest absolute Gasteiger partial charge is 0.366 e. The zero-order chi connectivity index (χ0) is 13.0. The van der Waals surface area contributed by atoms with Crippen LogP contribution in [0, 0.1) is 11.8 Å². The normalized spacial score (nSPS) is 23.2. The maximum Gasteiger partial charge on any atom is 0.248 e. The summed E-state index contributed by atoms with van der Waals surface area (Å²) in [5.41, 5.74) is 6.98. The summed E-state index contributed by atoms with van der Waals surface area (Å²) in [6.07, 6.45) is 4.07. The van der Waals surface area contributed by atoms with Gasteiger partial charge in [0, 0.05) is 12.1 Å². The number of nitrogens with one attached hydrogen (secondary N) is 1. The first kappa shape index (κ1) is 13.1. The lowest BCUT2D eigenvalue weighted by atomic mass is 9.98. The van der Waals surface area contributed by atoms with E-state index >= 15 is 0 Å². The molecule has 1 aromatic rings. The summed E-state index contributed by atoms with van der Waals surface area (Å²) >= 11 is 0. The average molecular weight is 246 g/mol. The molecule has 2 unspecified atom stereocenters. The molecule has 0 radical (unpaired) electrons. The molecule has 3 N–H and O–H groups in total. The number of primary amides is 1. The highest BCUT2D eigenvalue weighted by molar-refractivity contribution is 5.92. The van der Waals surface area contributed by atoms with E-state index in [0.717, 1.165) is 30.5 Å². The fourth-order valence-corrected chi connectivity index (χ4v) is 2.76. The highest BCUT2D eigenvalue weighted by Crippen LogP contribution is 2.30. The minimum Gasteiger partial charge on any atom is -0.366 e. The van der Waals surface area contributed by atoms with Gasteiger partial charge in [-0.3, -0.25) is 4.79 Å². The number of amides is 1. The van der Waals surface area contributed by atoms with E-state index in [9.17, 15) is 4.79 Å². The Morgan fingerprint density at radius 3 is 2.94 bits per heavy atom. The minimum absolute atomic E-state index is 0.360. The van der Waals surface area contributed by atoms with Gasteiger partial charge >= 0.3 is 0 Å². The van der Waals surface area contributed by atoms with Gasteiger partial charge in [0.2, 0.25) is 5.91 Å². The summed E-state index contributed by atoms with van der Waals surface area (Å²) in [7, 11) is 0. The Hall–Kier alpha value is -1.35. The summed E-state index contributed by atoms with van der Waals surface area (Å²) in [5, 5.41) is 3.49. The van der Waals surface area contributed by atoms with Gasteiger partial charge < -0.3 is 11.1 Å². The SMILES string of the molecule is CC1CCCC1CNCc1cccc(C(N)=O)c1. The van der Waals surface area contributed by atoms with Gasteiger partial charge in [0.25, 0.3) is 0 Å². The van der Waals surface area contributed by atoms with Crippen molar-refractivity contribution in [3.63, 3.8) is 0 Å². The summed E-state index contributed by atoms with van der Waals surface area (Å²) in [6.45, 7) is 4.22. The van der Waals surface area contributed by atoms with Crippen LogP contribution in [0.15, 0.2) is 24.3 Å². The second kappa shape index (κ2) is 6.01. The molecular formula is C15H22N2O. The molecule has 1 amide bonds. The molecule has 2 rings (SSSR count). The van der Waals surface area contributed by atoms with E-state index in [-0.39, 0.29) is 5.91 Å². The van der Waals surface area contributed by atoms with Crippen LogP contribution in [0.2, 0.25) is 0 Å². The molecule has 0 saturated heterocycles. The van der Waals surface area contributed by atoms with E-state index in [1.165, 1.54) is 19.3 Å². The van der Waals surface area contributed by atoms with Crippen molar-refractivity contribution in [2.75, 3.05) is 6.54 Å².